The van der Waals surface area contributed by atoms with E-state index in [-0.39, 0.29) is 12.1 Å². The van der Waals surface area contributed by atoms with Crippen molar-refractivity contribution in [2.75, 3.05) is 17.2 Å². The first-order chi connectivity index (χ1) is 10.5. The first kappa shape index (κ1) is 18.1. The lowest BCUT2D eigenvalue weighted by molar-refractivity contribution is 0.326. The third-order valence-electron chi connectivity index (χ3n) is 2.69. The lowest BCUT2D eigenvalue weighted by atomic mass is 10.3. The van der Waals surface area contributed by atoms with E-state index in [0.717, 1.165) is 4.47 Å². The van der Waals surface area contributed by atoms with Crippen molar-refractivity contribution in [3.63, 3.8) is 0 Å². The quantitative estimate of drug-likeness (QED) is 0.398. The highest BCUT2D eigenvalue weighted by molar-refractivity contribution is 9.10. The first-order valence-corrected chi connectivity index (χ1v) is 7.75. The summed E-state index contributed by atoms with van der Waals surface area (Å²) in [5.74, 6) is 1.22. The third kappa shape index (κ3) is 5.80. The molecule has 7 nitrogen and oxygen atoms in total. The Balaban J connectivity index is 2.77. The molecule has 0 saturated carbocycles. The lowest BCUT2D eigenvalue weighted by Crippen LogP contribution is -2.21. The normalized spacial score (nSPS) is 13.5. The summed E-state index contributed by atoms with van der Waals surface area (Å²) < 4.78 is 0.777. The molecule has 0 spiro atoms. The number of hydrazone groups is 2. The highest BCUT2D eigenvalue weighted by Crippen LogP contribution is 2.21. The van der Waals surface area contributed by atoms with Crippen LogP contribution in [0, 0.1) is 0 Å². The second kappa shape index (κ2) is 9.14. The fraction of sp³-hybridized carbons (Fsp3) is 0.429. The predicted octanol–water partition coefficient (Wildman–Crippen LogP) is 2.95. The van der Waals surface area contributed by atoms with Gasteiger partial charge in [0.15, 0.2) is 0 Å². The van der Waals surface area contributed by atoms with E-state index >= 15 is 0 Å². The minimum atomic E-state index is -0.0355. The third-order valence-corrected chi connectivity index (χ3v) is 3.27. The van der Waals surface area contributed by atoms with Crippen LogP contribution < -0.4 is 10.6 Å². The number of aromatic nitrogens is 2. The maximum Gasteiger partial charge on any atom is 0.225 e. The molecular formula is C14H22BrN7. The van der Waals surface area contributed by atoms with Gasteiger partial charge in [0, 0.05) is 25.2 Å². The summed E-state index contributed by atoms with van der Waals surface area (Å²) in [5, 5.41) is 15.8. The van der Waals surface area contributed by atoms with Gasteiger partial charge in [0.05, 0.1) is 17.1 Å². The molecule has 1 rings (SSSR count). The van der Waals surface area contributed by atoms with Crippen LogP contribution in [0.15, 0.2) is 33.5 Å². The van der Waals surface area contributed by atoms with Crippen LogP contribution in [0.3, 0.4) is 0 Å². The van der Waals surface area contributed by atoms with Crippen LogP contribution >= 0.6 is 15.9 Å². The largest absolute Gasteiger partial charge is 0.361 e. The Bertz CT molecular complexity index is 532. The fourth-order valence-electron chi connectivity index (χ4n) is 1.45. The van der Waals surface area contributed by atoms with Gasteiger partial charge in [0.2, 0.25) is 5.95 Å². The van der Waals surface area contributed by atoms with Crippen molar-refractivity contribution in [3.8, 4) is 0 Å². The van der Waals surface area contributed by atoms with Crippen LogP contribution in [0.5, 0.6) is 0 Å². The van der Waals surface area contributed by atoms with E-state index < -0.39 is 0 Å². The molecule has 1 heterocycles. The molecule has 8 heteroatoms. The van der Waals surface area contributed by atoms with E-state index in [1.807, 2.05) is 20.8 Å². The van der Waals surface area contributed by atoms with Gasteiger partial charge >= 0.3 is 0 Å². The SMILES string of the molecule is C=CC(C)Nc1ncc(Br)c(NC(C)/C=N\N(CC)N=C)n1. The Hall–Kier alpha value is -1.96. The van der Waals surface area contributed by atoms with E-state index in [1.54, 1.807) is 18.5 Å². The zero-order valence-electron chi connectivity index (χ0n) is 13.1. The van der Waals surface area contributed by atoms with E-state index in [0.29, 0.717) is 18.3 Å². The molecule has 22 heavy (non-hydrogen) atoms. The number of anilines is 2. The summed E-state index contributed by atoms with van der Waals surface area (Å²) in [4.78, 5) is 8.64. The molecule has 0 aliphatic carbocycles. The molecule has 0 bridgehead atoms. The van der Waals surface area contributed by atoms with E-state index in [1.165, 1.54) is 5.12 Å². The number of halogens is 1. The molecule has 1 aromatic rings. The van der Waals surface area contributed by atoms with Gasteiger partial charge < -0.3 is 10.6 Å². The van der Waals surface area contributed by atoms with Gasteiger partial charge in [0.25, 0.3) is 0 Å². The number of hydrogen-bond donors (Lipinski definition) is 2. The van der Waals surface area contributed by atoms with Crippen molar-refractivity contribution in [2.45, 2.75) is 32.9 Å². The molecule has 0 aliphatic heterocycles. The zero-order valence-corrected chi connectivity index (χ0v) is 14.7. The van der Waals surface area contributed by atoms with Crippen LogP contribution in [-0.4, -0.2) is 46.6 Å². The molecule has 0 aromatic carbocycles. The molecule has 0 fully saturated rings. The lowest BCUT2D eigenvalue weighted by Gasteiger charge is -2.15. The number of nitrogens with one attached hydrogen (secondary N) is 2. The Morgan fingerprint density at radius 3 is 2.73 bits per heavy atom. The van der Waals surface area contributed by atoms with Gasteiger partial charge in [-0.15, -0.1) is 6.58 Å². The van der Waals surface area contributed by atoms with Crippen molar-refractivity contribution in [3.05, 3.63) is 23.3 Å². The van der Waals surface area contributed by atoms with Crippen LogP contribution in [-0.2, 0) is 0 Å². The zero-order chi connectivity index (χ0) is 16.5. The van der Waals surface area contributed by atoms with Crippen LogP contribution in [0.25, 0.3) is 0 Å². The summed E-state index contributed by atoms with van der Waals surface area (Å²) in [7, 11) is 0. The summed E-state index contributed by atoms with van der Waals surface area (Å²) >= 11 is 3.43. The molecule has 2 unspecified atom stereocenters. The number of rotatable bonds is 9. The Morgan fingerprint density at radius 2 is 2.14 bits per heavy atom. The number of nitrogens with zero attached hydrogens (tertiary/aromatic N) is 5. The van der Waals surface area contributed by atoms with Crippen molar-refractivity contribution in [1.82, 2.24) is 15.1 Å². The predicted molar refractivity (Wildman–Crippen MR) is 96.5 cm³/mol. The van der Waals surface area contributed by atoms with E-state index in [4.69, 9.17) is 0 Å². The van der Waals surface area contributed by atoms with Gasteiger partial charge in [-0.1, -0.05) is 6.08 Å². The fourth-order valence-corrected chi connectivity index (χ4v) is 1.75. The molecule has 0 amide bonds. The maximum atomic E-state index is 4.43. The summed E-state index contributed by atoms with van der Waals surface area (Å²) in [6.07, 6.45) is 5.22. The Kier molecular flexibility index (Phi) is 7.51. The van der Waals surface area contributed by atoms with Crippen molar-refractivity contribution in [1.29, 1.82) is 0 Å². The van der Waals surface area contributed by atoms with Gasteiger partial charge in [-0.25, -0.2) is 4.98 Å². The average Bonchev–Trinajstić information content (AvgIpc) is 2.51. The summed E-state index contributed by atoms with van der Waals surface area (Å²) in [6, 6.07) is 0.0523. The topological polar surface area (TPSA) is 77.8 Å². The van der Waals surface area contributed by atoms with Gasteiger partial charge in [-0.3, -0.25) is 0 Å². The van der Waals surface area contributed by atoms with Crippen LogP contribution in [0.2, 0.25) is 0 Å². The average molecular weight is 368 g/mol. The van der Waals surface area contributed by atoms with E-state index in [2.05, 4.69) is 60.0 Å². The highest BCUT2D eigenvalue weighted by atomic mass is 79.9. The second-order valence-corrected chi connectivity index (χ2v) is 5.44. The van der Waals surface area contributed by atoms with Gasteiger partial charge in [-0.2, -0.15) is 20.3 Å². The molecule has 2 N–H and O–H groups in total. The smallest absolute Gasteiger partial charge is 0.225 e. The highest BCUT2D eigenvalue weighted by Gasteiger charge is 2.08. The molecule has 0 saturated heterocycles. The van der Waals surface area contributed by atoms with Crippen LogP contribution in [0.1, 0.15) is 20.8 Å². The second-order valence-electron chi connectivity index (χ2n) is 4.59. The summed E-state index contributed by atoms with van der Waals surface area (Å²) in [6.45, 7) is 13.7. The number of hydrogen-bond acceptors (Lipinski definition) is 7. The van der Waals surface area contributed by atoms with Crippen molar-refractivity contribution in [2.24, 2.45) is 10.2 Å². The molecule has 2 atom stereocenters. The van der Waals surface area contributed by atoms with Crippen molar-refractivity contribution < 1.29 is 0 Å². The van der Waals surface area contributed by atoms with Gasteiger partial charge in [0.1, 0.15) is 5.82 Å². The first-order valence-electron chi connectivity index (χ1n) is 6.96. The van der Waals surface area contributed by atoms with Crippen molar-refractivity contribution >= 4 is 40.6 Å². The molecular weight excluding hydrogens is 346 g/mol. The van der Waals surface area contributed by atoms with Gasteiger partial charge in [-0.05, 0) is 36.7 Å². The van der Waals surface area contributed by atoms with E-state index in [9.17, 15) is 0 Å². The minimum absolute atomic E-state index is 0.0355. The standard InChI is InChI=1S/C14H22BrN7/c1-6-10(3)20-14-17-9-12(15)13(21-14)19-11(4)8-18-22(7-2)16-5/h6,8-11H,1,5,7H2,2-4H3,(H2,17,19,20,21)/b18-8-. The summed E-state index contributed by atoms with van der Waals surface area (Å²) in [5.41, 5.74) is 0. The monoisotopic (exact) mass is 367 g/mol. The Morgan fingerprint density at radius 1 is 1.41 bits per heavy atom. The molecule has 0 aliphatic rings. The molecule has 0 radical (unpaired) electrons. The maximum absolute atomic E-state index is 4.43. The van der Waals surface area contributed by atoms with Crippen LogP contribution in [0.4, 0.5) is 11.8 Å². The molecule has 120 valence electrons. The minimum Gasteiger partial charge on any atom is -0.361 e. The molecule has 1 aromatic heterocycles. The Labute approximate surface area is 139 Å².